The highest BCUT2D eigenvalue weighted by Crippen LogP contribution is 2.32. The van der Waals surface area contributed by atoms with Gasteiger partial charge in [-0.25, -0.2) is 4.98 Å². The lowest BCUT2D eigenvalue weighted by Gasteiger charge is -2.31. The number of aromatic nitrogens is 2. The fourth-order valence-corrected chi connectivity index (χ4v) is 3.68. The summed E-state index contributed by atoms with van der Waals surface area (Å²) in [7, 11) is 0. The molecule has 2 heterocycles. The Kier molecular flexibility index (Phi) is 4.85. The van der Waals surface area contributed by atoms with Gasteiger partial charge in [0, 0.05) is 18.3 Å². The molecule has 9 heteroatoms. The minimum atomic E-state index is -4.71. The number of para-hydroxylation sites is 1. The average molecular weight is 369 g/mol. The molecule has 0 spiro atoms. The number of carbonyl (C=O) groups is 1. The van der Waals surface area contributed by atoms with Gasteiger partial charge in [-0.05, 0) is 25.0 Å². The number of hydrogen-bond donors (Lipinski definition) is 1. The van der Waals surface area contributed by atoms with Crippen molar-refractivity contribution in [2.45, 2.75) is 29.4 Å². The summed E-state index contributed by atoms with van der Waals surface area (Å²) in [5.41, 5.74) is -1.42. The van der Waals surface area contributed by atoms with Crippen LogP contribution in [0.25, 0.3) is 0 Å². The van der Waals surface area contributed by atoms with Crippen molar-refractivity contribution in [2.75, 3.05) is 11.4 Å². The van der Waals surface area contributed by atoms with Gasteiger partial charge in [-0.3, -0.25) is 9.59 Å². The molecule has 0 radical (unpaired) electrons. The smallest absolute Gasteiger partial charge is 0.311 e. The van der Waals surface area contributed by atoms with Crippen molar-refractivity contribution in [2.24, 2.45) is 0 Å². The third-order valence-electron chi connectivity index (χ3n) is 3.72. The van der Waals surface area contributed by atoms with Crippen LogP contribution >= 0.6 is 11.8 Å². The van der Waals surface area contributed by atoms with Crippen LogP contribution in [0.3, 0.4) is 0 Å². The fourth-order valence-electron chi connectivity index (χ4n) is 2.59. The highest BCUT2D eigenvalue weighted by molar-refractivity contribution is 8.00. The van der Waals surface area contributed by atoms with Gasteiger partial charge in [-0.1, -0.05) is 30.0 Å². The van der Waals surface area contributed by atoms with Crippen molar-refractivity contribution in [1.29, 1.82) is 0 Å². The number of hydrogen-bond acceptors (Lipinski definition) is 4. The molecule has 1 fully saturated rings. The molecule has 1 amide bonds. The summed E-state index contributed by atoms with van der Waals surface area (Å²) in [5, 5.41) is -0.798. The molecule has 1 unspecified atom stereocenters. The average Bonchev–Trinajstić information content (AvgIpc) is 2.56. The normalized spacial score (nSPS) is 18.4. The first-order valence-electron chi connectivity index (χ1n) is 7.56. The molecule has 1 aliphatic heterocycles. The molecule has 0 bridgehead atoms. The van der Waals surface area contributed by atoms with E-state index in [0.29, 0.717) is 25.5 Å². The Balaban J connectivity index is 1.82. The van der Waals surface area contributed by atoms with Crippen LogP contribution in [0.15, 0.2) is 46.3 Å². The van der Waals surface area contributed by atoms with E-state index in [-0.39, 0.29) is 11.1 Å². The zero-order chi connectivity index (χ0) is 18.0. The highest BCUT2D eigenvalue weighted by Gasteiger charge is 2.35. The molecule has 1 atom stereocenters. The van der Waals surface area contributed by atoms with E-state index in [2.05, 4.69) is 9.97 Å². The topological polar surface area (TPSA) is 66.1 Å². The lowest BCUT2D eigenvalue weighted by molar-refractivity contribution is -0.141. The zero-order valence-electron chi connectivity index (χ0n) is 12.9. The maximum atomic E-state index is 12.8. The molecule has 2 aromatic rings. The second kappa shape index (κ2) is 6.91. The maximum Gasteiger partial charge on any atom is 0.433 e. The number of alkyl halides is 3. The number of aromatic amines is 1. The van der Waals surface area contributed by atoms with Crippen LogP contribution in [0, 0.1) is 0 Å². The minimum absolute atomic E-state index is 0.201. The van der Waals surface area contributed by atoms with Crippen LogP contribution in [-0.4, -0.2) is 27.7 Å². The molecular formula is C16H14F3N3O2S. The summed E-state index contributed by atoms with van der Waals surface area (Å²) >= 11 is 0.858. The van der Waals surface area contributed by atoms with Crippen molar-refractivity contribution in [3.8, 4) is 0 Å². The van der Waals surface area contributed by atoms with Gasteiger partial charge in [0.25, 0.3) is 5.56 Å². The van der Waals surface area contributed by atoms with E-state index in [4.69, 9.17) is 0 Å². The Morgan fingerprint density at radius 3 is 2.60 bits per heavy atom. The van der Waals surface area contributed by atoms with Crippen LogP contribution in [0.4, 0.5) is 18.9 Å². The third-order valence-corrected chi connectivity index (χ3v) is 4.86. The predicted octanol–water partition coefficient (Wildman–Crippen LogP) is 3.08. The Morgan fingerprint density at radius 1 is 1.20 bits per heavy atom. The van der Waals surface area contributed by atoms with E-state index >= 15 is 0 Å². The molecule has 1 saturated heterocycles. The summed E-state index contributed by atoms with van der Waals surface area (Å²) in [5.74, 6) is -0.206. The number of thioether (sulfide) groups is 1. The maximum absolute atomic E-state index is 12.8. The van der Waals surface area contributed by atoms with E-state index in [1.54, 1.807) is 17.0 Å². The summed E-state index contributed by atoms with van der Waals surface area (Å²) in [4.78, 5) is 31.4. The van der Waals surface area contributed by atoms with E-state index < -0.39 is 22.7 Å². The quantitative estimate of drug-likeness (QED) is 0.845. The Hall–Kier alpha value is -2.29. The van der Waals surface area contributed by atoms with Crippen LogP contribution in [0.1, 0.15) is 18.5 Å². The molecule has 0 aliphatic carbocycles. The number of nitrogens with zero attached hydrogens (tertiary/aromatic N) is 2. The number of nitrogens with one attached hydrogen (secondary N) is 1. The van der Waals surface area contributed by atoms with Crippen molar-refractivity contribution in [3.05, 3.63) is 52.4 Å². The number of halogens is 3. The summed E-state index contributed by atoms with van der Waals surface area (Å²) in [6.07, 6.45) is -3.50. The molecule has 0 saturated carbocycles. The first-order valence-corrected chi connectivity index (χ1v) is 8.44. The second-order valence-electron chi connectivity index (χ2n) is 5.51. The van der Waals surface area contributed by atoms with Crippen molar-refractivity contribution in [3.63, 3.8) is 0 Å². The van der Waals surface area contributed by atoms with Gasteiger partial charge in [0.15, 0.2) is 10.9 Å². The Bertz CT molecular complexity index is 823. The molecule has 25 heavy (non-hydrogen) atoms. The van der Waals surface area contributed by atoms with Crippen LogP contribution in [0.2, 0.25) is 0 Å². The molecule has 1 N–H and O–H groups in total. The van der Waals surface area contributed by atoms with E-state index in [1.807, 2.05) is 18.2 Å². The molecule has 5 nitrogen and oxygen atoms in total. The Morgan fingerprint density at radius 2 is 1.92 bits per heavy atom. The molecule has 1 aromatic heterocycles. The van der Waals surface area contributed by atoms with E-state index in [0.717, 1.165) is 17.4 Å². The highest BCUT2D eigenvalue weighted by atomic mass is 32.2. The van der Waals surface area contributed by atoms with E-state index in [1.165, 1.54) is 0 Å². The molecular weight excluding hydrogens is 355 g/mol. The SMILES string of the molecule is O=C1C(Sc2nc(C(F)(F)F)cc(=O)[nH]2)CCCN1c1ccccc1. The van der Waals surface area contributed by atoms with Gasteiger partial charge < -0.3 is 9.88 Å². The standard InChI is InChI=1S/C16H14F3N3O2S/c17-16(18,19)12-9-13(23)21-15(20-12)25-11-7-4-8-22(14(11)24)10-5-2-1-3-6-10/h1-3,5-6,9,11H,4,7-8H2,(H,20,21,23). The first kappa shape index (κ1) is 17.5. The number of benzene rings is 1. The number of piperidine rings is 1. The summed E-state index contributed by atoms with van der Waals surface area (Å²) in [6, 6.07) is 9.46. The zero-order valence-corrected chi connectivity index (χ0v) is 13.7. The number of H-pyrrole nitrogens is 1. The van der Waals surface area contributed by atoms with Crippen molar-refractivity contribution < 1.29 is 18.0 Å². The minimum Gasteiger partial charge on any atom is -0.311 e. The van der Waals surface area contributed by atoms with Crippen molar-refractivity contribution in [1.82, 2.24) is 9.97 Å². The van der Waals surface area contributed by atoms with Gasteiger partial charge >= 0.3 is 6.18 Å². The van der Waals surface area contributed by atoms with Gasteiger partial charge in [0.05, 0.1) is 5.25 Å². The van der Waals surface area contributed by atoms with Crippen LogP contribution < -0.4 is 10.5 Å². The van der Waals surface area contributed by atoms with Gasteiger partial charge in [-0.15, -0.1) is 0 Å². The number of rotatable bonds is 3. The lowest BCUT2D eigenvalue weighted by atomic mass is 10.1. The lowest BCUT2D eigenvalue weighted by Crippen LogP contribution is -2.43. The molecule has 132 valence electrons. The monoisotopic (exact) mass is 369 g/mol. The summed E-state index contributed by atoms with van der Waals surface area (Å²) < 4.78 is 38.4. The van der Waals surface area contributed by atoms with Gasteiger partial charge in [-0.2, -0.15) is 13.2 Å². The summed E-state index contributed by atoms with van der Waals surface area (Å²) in [6.45, 7) is 0.548. The third kappa shape index (κ3) is 4.04. The predicted molar refractivity (Wildman–Crippen MR) is 87.5 cm³/mol. The van der Waals surface area contributed by atoms with Gasteiger partial charge in [0.2, 0.25) is 5.91 Å². The number of carbonyl (C=O) groups excluding carboxylic acids is 1. The van der Waals surface area contributed by atoms with Gasteiger partial charge in [0.1, 0.15) is 0 Å². The van der Waals surface area contributed by atoms with E-state index in [9.17, 15) is 22.8 Å². The largest absolute Gasteiger partial charge is 0.433 e. The van der Waals surface area contributed by atoms with Crippen LogP contribution in [0.5, 0.6) is 0 Å². The Labute approximate surface area is 145 Å². The van der Waals surface area contributed by atoms with Crippen molar-refractivity contribution >= 4 is 23.4 Å². The fraction of sp³-hybridized carbons (Fsp3) is 0.312. The second-order valence-corrected chi connectivity index (χ2v) is 6.70. The molecule has 3 rings (SSSR count). The van der Waals surface area contributed by atoms with Crippen LogP contribution in [-0.2, 0) is 11.0 Å². The molecule has 1 aliphatic rings. The molecule has 1 aromatic carbocycles. The number of anilines is 1. The number of amides is 1. The first-order chi connectivity index (χ1) is 11.8.